The first kappa shape index (κ1) is 28.6. The normalized spacial score (nSPS) is 13.2. The summed E-state index contributed by atoms with van der Waals surface area (Å²) >= 11 is 0. The van der Waals surface area contributed by atoms with Crippen LogP contribution in [0, 0.1) is 0 Å². The van der Waals surface area contributed by atoms with Crippen LogP contribution in [0.15, 0.2) is 156 Å². The lowest BCUT2D eigenvalue weighted by atomic mass is 9.82. The molecule has 0 atom stereocenters. The Bertz CT molecular complexity index is 2790. The van der Waals surface area contributed by atoms with Crippen LogP contribution >= 0.6 is 0 Å². The smallest absolute Gasteiger partial charge is 0.164 e. The Morgan fingerprint density at radius 3 is 1.90 bits per heavy atom. The number of nitrogens with zero attached hydrogens (tertiary/aromatic N) is 3. The van der Waals surface area contributed by atoms with Crippen LogP contribution in [0.5, 0.6) is 0 Å². The monoisotopic (exact) mass is 641 g/mol. The molecule has 4 nitrogen and oxygen atoms in total. The third-order valence-electron chi connectivity index (χ3n) is 10.3. The lowest BCUT2D eigenvalue weighted by Crippen LogP contribution is -2.14. The number of hydrogen-bond acceptors (Lipinski definition) is 4. The van der Waals surface area contributed by atoms with Crippen molar-refractivity contribution in [3.05, 3.63) is 163 Å². The Balaban J connectivity index is 1.11. The van der Waals surface area contributed by atoms with Gasteiger partial charge < -0.3 is 4.42 Å². The maximum Gasteiger partial charge on any atom is 0.164 e. The number of aromatic nitrogens is 3. The van der Waals surface area contributed by atoms with Crippen LogP contribution in [0.4, 0.5) is 0 Å². The Morgan fingerprint density at radius 1 is 0.420 bits per heavy atom. The van der Waals surface area contributed by atoms with E-state index in [1.54, 1.807) is 0 Å². The highest BCUT2D eigenvalue weighted by Crippen LogP contribution is 2.49. The molecular formula is C46H31N3O. The molecule has 0 saturated carbocycles. The van der Waals surface area contributed by atoms with Gasteiger partial charge in [0.05, 0.1) is 0 Å². The minimum absolute atomic E-state index is 0.0662. The number of hydrogen-bond donors (Lipinski definition) is 0. The van der Waals surface area contributed by atoms with E-state index in [9.17, 15) is 0 Å². The number of furan rings is 1. The van der Waals surface area contributed by atoms with Gasteiger partial charge in [-0.3, -0.25) is 0 Å². The molecule has 9 aromatic rings. The van der Waals surface area contributed by atoms with E-state index in [4.69, 9.17) is 19.4 Å². The van der Waals surface area contributed by atoms with E-state index in [0.29, 0.717) is 17.5 Å². The average molecular weight is 642 g/mol. The number of para-hydroxylation sites is 1. The maximum atomic E-state index is 6.39. The molecule has 1 aliphatic rings. The fourth-order valence-corrected chi connectivity index (χ4v) is 7.73. The molecule has 0 amide bonds. The van der Waals surface area contributed by atoms with Crippen molar-refractivity contribution in [3.63, 3.8) is 0 Å². The zero-order valence-corrected chi connectivity index (χ0v) is 27.7. The molecule has 7 aromatic carbocycles. The summed E-state index contributed by atoms with van der Waals surface area (Å²) in [5.74, 6) is 1.94. The van der Waals surface area contributed by atoms with Crippen molar-refractivity contribution < 1.29 is 4.42 Å². The zero-order chi connectivity index (χ0) is 33.4. The molecule has 236 valence electrons. The predicted molar refractivity (Wildman–Crippen MR) is 204 cm³/mol. The van der Waals surface area contributed by atoms with Crippen molar-refractivity contribution in [1.82, 2.24) is 15.0 Å². The van der Waals surface area contributed by atoms with Gasteiger partial charge in [-0.25, -0.2) is 15.0 Å². The van der Waals surface area contributed by atoms with Gasteiger partial charge in [-0.05, 0) is 69.1 Å². The first-order valence-electron chi connectivity index (χ1n) is 17.0. The maximum absolute atomic E-state index is 6.39. The standard InChI is InChI=1S/C46H31N3O/c1-46(2)39-17-8-6-15-34(39)38-27-33(22-24-40(38)46)45-48-43(29-11-4-3-5-12-29)47-44(49-45)32-14-10-13-30(25-32)31-20-19-28-21-23-36-35-16-7-9-18-41(35)50-42(36)37(28)26-31/h3-27H,1-2H3. The van der Waals surface area contributed by atoms with E-state index in [-0.39, 0.29) is 5.41 Å². The molecular weight excluding hydrogens is 611 g/mol. The van der Waals surface area contributed by atoms with E-state index in [1.807, 2.05) is 30.3 Å². The molecule has 0 aliphatic heterocycles. The minimum Gasteiger partial charge on any atom is -0.455 e. The van der Waals surface area contributed by atoms with Crippen LogP contribution in [-0.4, -0.2) is 15.0 Å². The second-order valence-electron chi connectivity index (χ2n) is 13.7. The second-order valence-corrected chi connectivity index (χ2v) is 13.7. The highest BCUT2D eigenvalue weighted by atomic mass is 16.3. The lowest BCUT2D eigenvalue weighted by molar-refractivity contribution is 0.660. The Kier molecular flexibility index (Phi) is 6.19. The second kappa shape index (κ2) is 10.8. The van der Waals surface area contributed by atoms with Crippen molar-refractivity contribution in [1.29, 1.82) is 0 Å². The van der Waals surface area contributed by atoms with Crippen molar-refractivity contribution in [2.24, 2.45) is 0 Å². The first-order chi connectivity index (χ1) is 24.5. The molecule has 0 N–H and O–H groups in total. The summed E-state index contributed by atoms with van der Waals surface area (Å²) in [6.45, 7) is 4.60. The lowest BCUT2D eigenvalue weighted by Gasteiger charge is -2.21. The minimum atomic E-state index is -0.0662. The third kappa shape index (κ3) is 4.42. The summed E-state index contributed by atoms with van der Waals surface area (Å²) in [5.41, 5.74) is 12.0. The van der Waals surface area contributed by atoms with Crippen molar-refractivity contribution in [2.75, 3.05) is 0 Å². The molecule has 10 rings (SSSR count). The van der Waals surface area contributed by atoms with Gasteiger partial charge in [-0.2, -0.15) is 0 Å². The van der Waals surface area contributed by atoms with Crippen LogP contribution in [0.25, 0.3) is 89.1 Å². The number of benzene rings is 7. The van der Waals surface area contributed by atoms with Gasteiger partial charge in [-0.15, -0.1) is 0 Å². The Labute approximate surface area is 289 Å². The Hall–Kier alpha value is -6.39. The van der Waals surface area contributed by atoms with Crippen molar-refractivity contribution in [2.45, 2.75) is 19.3 Å². The highest BCUT2D eigenvalue weighted by Gasteiger charge is 2.35. The van der Waals surface area contributed by atoms with Crippen molar-refractivity contribution >= 4 is 32.7 Å². The fraction of sp³-hybridized carbons (Fsp3) is 0.0652. The molecule has 0 radical (unpaired) electrons. The number of rotatable bonds is 4. The fourth-order valence-electron chi connectivity index (χ4n) is 7.73. The van der Waals surface area contributed by atoms with E-state index < -0.39 is 0 Å². The molecule has 0 fully saturated rings. The van der Waals surface area contributed by atoms with Crippen LogP contribution in [0.1, 0.15) is 25.0 Å². The molecule has 0 bridgehead atoms. The summed E-state index contributed by atoms with van der Waals surface area (Å²) in [7, 11) is 0. The molecule has 0 saturated heterocycles. The third-order valence-corrected chi connectivity index (χ3v) is 10.3. The van der Waals surface area contributed by atoms with Crippen LogP contribution in [0.3, 0.4) is 0 Å². The molecule has 2 heterocycles. The van der Waals surface area contributed by atoms with Crippen LogP contribution < -0.4 is 0 Å². The van der Waals surface area contributed by atoms with E-state index in [0.717, 1.165) is 60.5 Å². The van der Waals surface area contributed by atoms with Gasteiger partial charge in [-0.1, -0.05) is 135 Å². The summed E-state index contributed by atoms with van der Waals surface area (Å²) in [5, 5.41) is 4.50. The zero-order valence-electron chi connectivity index (χ0n) is 27.7. The van der Waals surface area contributed by atoms with E-state index in [2.05, 4.69) is 135 Å². The Morgan fingerprint density at radius 2 is 1.04 bits per heavy atom. The van der Waals surface area contributed by atoms with Gasteiger partial charge in [0.2, 0.25) is 0 Å². The summed E-state index contributed by atoms with van der Waals surface area (Å²) in [4.78, 5) is 15.2. The SMILES string of the molecule is CC1(C)c2ccccc2-c2cc(-c3nc(-c4ccccc4)nc(-c4cccc(-c5ccc6ccc7c8ccccc8oc7c6c5)c4)n3)ccc21. The highest BCUT2D eigenvalue weighted by molar-refractivity contribution is 6.15. The van der Waals surface area contributed by atoms with Gasteiger partial charge in [0.25, 0.3) is 0 Å². The predicted octanol–water partition coefficient (Wildman–Crippen LogP) is 11.9. The molecule has 0 spiro atoms. The average Bonchev–Trinajstić information content (AvgIpc) is 3.67. The van der Waals surface area contributed by atoms with Gasteiger partial charge in [0, 0.05) is 38.3 Å². The van der Waals surface area contributed by atoms with E-state index >= 15 is 0 Å². The molecule has 0 unspecified atom stereocenters. The first-order valence-corrected chi connectivity index (χ1v) is 17.0. The quantitative estimate of drug-likeness (QED) is 0.192. The number of fused-ring (bicyclic) bond motifs is 8. The topological polar surface area (TPSA) is 51.8 Å². The molecule has 1 aliphatic carbocycles. The summed E-state index contributed by atoms with van der Waals surface area (Å²) in [6, 6.07) is 53.1. The summed E-state index contributed by atoms with van der Waals surface area (Å²) < 4.78 is 6.39. The van der Waals surface area contributed by atoms with Gasteiger partial charge in [0.15, 0.2) is 17.5 Å². The van der Waals surface area contributed by atoms with Crippen LogP contribution in [0.2, 0.25) is 0 Å². The van der Waals surface area contributed by atoms with Crippen LogP contribution in [-0.2, 0) is 5.41 Å². The molecule has 50 heavy (non-hydrogen) atoms. The van der Waals surface area contributed by atoms with Crippen molar-refractivity contribution in [3.8, 4) is 56.4 Å². The summed E-state index contributed by atoms with van der Waals surface area (Å²) in [6.07, 6.45) is 0. The molecule has 2 aromatic heterocycles. The molecule has 4 heteroatoms. The van der Waals surface area contributed by atoms with Gasteiger partial charge >= 0.3 is 0 Å². The largest absolute Gasteiger partial charge is 0.455 e. The van der Waals surface area contributed by atoms with Gasteiger partial charge in [0.1, 0.15) is 11.2 Å². The van der Waals surface area contributed by atoms with E-state index in [1.165, 1.54) is 22.3 Å².